The average Bonchev–Trinajstić information content (AvgIpc) is 1.84. The minimum atomic E-state index is -1.46. The summed E-state index contributed by atoms with van der Waals surface area (Å²) in [6, 6.07) is 0. The Morgan fingerprint density at radius 3 is 2.45 bits per heavy atom. The number of carbonyl (C=O) groups is 1. The summed E-state index contributed by atoms with van der Waals surface area (Å²) in [5.41, 5.74) is -1.15. The number of carboxylic acid groups (broad SMARTS) is 1. The minimum absolute atomic E-state index is 0.336. The molecule has 0 aliphatic carbocycles. The second kappa shape index (κ2) is 3.63. The van der Waals surface area contributed by atoms with E-state index in [9.17, 15) is 10.0 Å². The Morgan fingerprint density at radius 2 is 2.18 bits per heavy atom. The van der Waals surface area contributed by atoms with Gasteiger partial charge in [0.05, 0.1) is 5.41 Å². The Kier molecular flexibility index (Phi) is 3.40. The first kappa shape index (κ1) is 10.3. The van der Waals surface area contributed by atoms with Crippen molar-refractivity contribution in [2.24, 2.45) is 5.41 Å². The molecule has 11 heavy (non-hydrogen) atoms. The molecular weight excluding hydrogens is 154 g/mol. The highest BCUT2D eigenvalue weighted by Gasteiger charge is 2.29. The molecule has 3 N–H and O–H groups in total. The summed E-state index contributed by atoms with van der Waals surface area (Å²) in [5.74, 6) is -1.08. The molecule has 0 saturated heterocycles. The van der Waals surface area contributed by atoms with Crippen LogP contribution in [0.1, 0.15) is 13.8 Å². The Morgan fingerprint density at radius 1 is 1.73 bits per heavy atom. The van der Waals surface area contributed by atoms with Gasteiger partial charge in [-0.3, -0.25) is 4.79 Å². The van der Waals surface area contributed by atoms with Crippen LogP contribution in [-0.2, 0) is 9.63 Å². The van der Waals surface area contributed by atoms with E-state index in [2.05, 4.69) is 4.84 Å². The molecule has 1 atom stereocenters. The average molecular weight is 165 g/mol. The van der Waals surface area contributed by atoms with Crippen LogP contribution in [0.15, 0.2) is 0 Å². The number of quaternary nitrogens is 1. The summed E-state index contributed by atoms with van der Waals surface area (Å²) in [7, 11) is 0. The number of rotatable bonds is 4. The lowest BCUT2D eigenvalue weighted by atomic mass is 9.96. The van der Waals surface area contributed by atoms with Gasteiger partial charge >= 0.3 is 5.97 Å². The van der Waals surface area contributed by atoms with E-state index in [-0.39, 0.29) is 6.61 Å². The maximum atomic E-state index is 10.4. The predicted octanol–water partition coefficient (Wildman–Crippen LogP) is -1.20. The lowest BCUT2D eigenvalue weighted by Gasteiger charge is -2.19. The molecule has 0 spiro atoms. The summed E-state index contributed by atoms with van der Waals surface area (Å²) in [4.78, 5) is 14.5. The molecule has 6 nitrogen and oxygen atoms in total. The molecule has 0 aliphatic heterocycles. The Balaban J connectivity index is 3.83. The van der Waals surface area contributed by atoms with Crippen LogP contribution in [0.5, 0.6) is 0 Å². The van der Waals surface area contributed by atoms with Gasteiger partial charge in [0.15, 0.2) is 0 Å². The molecule has 0 aliphatic rings. The zero-order valence-corrected chi connectivity index (χ0v) is 6.33. The van der Waals surface area contributed by atoms with Crippen molar-refractivity contribution in [3.05, 3.63) is 5.21 Å². The van der Waals surface area contributed by atoms with Crippen molar-refractivity contribution in [2.45, 2.75) is 13.8 Å². The van der Waals surface area contributed by atoms with Crippen LogP contribution >= 0.6 is 0 Å². The third kappa shape index (κ3) is 3.89. The van der Waals surface area contributed by atoms with E-state index >= 15 is 0 Å². The zero-order chi connectivity index (χ0) is 9.07. The summed E-state index contributed by atoms with van der Waals surface area (Å²) in [6.07, 6.45) is 0. The van der Waals surface area contributed by atoms with Crippen molar-refractivity contribution < 1.29 is 25.3 Å². The fourth-order valence-corrected chi connectivity index (χ4v) is 0.304. The topological polar surface area (TPSA) is 94.3 Å². The summed E-state index contributed by atoms with van der Waals surface area (Å²) in [6.45, 7) is 2.44. The second-order valence-electron chi connectivity index (χ2n) is 2.74. The van der Waals surface area contributed by atoms with Crippen molar-refractivity contribution in [3.8, 4) is 0 Å². The molecule has 0 aromatic rings. The van der Waals surface area contributed by atoms with Crippen molar-refractivity contribution >= 4 is 5.97 Å². The van der Waals surface area contributed by atoms with E-state index in [0.717, 1.165) is 0 Å². The number of hydrogen-bond donors (Lipinski definition) is 3. The molecule has 0 radical (unpaired) electrons. The van der Waals surface area contributed by atoms with Crippen LogP contribution in [0.2, 0.25) is 0 Å². The quantitative estimate of drug-likeness (QED) is 0.455. The SMILES string of the molecule is CC(C)(CO[NH+]([O-])O)C(=O)O. The number of aliphatic carboxylic acids is 1. The number of hydrogen-bond acceptors (Lipinski definition) is 4. The molecular formula is C5H11NO5. The minimum Gasteiger partial charge on any atom is -0.566 e. The summed E-state index contributed by atoms with van der Waals surface area (Å²) in [5, 5.41) is 24.9. The molecule has 0 amide bonds. The number of carboxylic acids is 1. The predicted molar refractivity (Wildman–Crippen MR) is 33.5 cm³/mol. The molecule has 0 fully saturated rings. The van der Waals surface area contributed by atoms with Gasteiger partial charge in [0.1, 0.15) is 6.61 Å². The van der Waals surface area contributed by atoms with E-state index in [0.29, 0.717) is 0 Å². The van der Waals surface area contributed by atoms with Gasteiger partial charge < -0.3 is 10.3 Å². The molecule has 0 bridgehead atoms. The third-order valence-electron chi connectivity index (χ3n) is 1.14. The molecule has 0 heterocycles. The monoisotopic (exact) mass is 165 g/mol. The van der Waals surface area contributed by atoms with E-state index in [1.807, 2.05) is 0 Å². The largest absolute Gasteiger partial charge is 0.566 e. The Labute approximate surface area is 63.5 Å². The fraction of sp³-hybridized carbons (Fsp3) is 0.800. The maximum Gasteiger partial charge on any atom is 0.311 e. The Bertz CT molecular complexity index is 144. The molecule has 0 aromatic heterocycles. The van der Waals surface area contributed by atoms with E-state index in [1.165, 1.54) is 13.8 Å². The first-order valence-electron chi connectivity index (χ1n) is 2.95. The van der Waals surface area contributed by atoms with Gasteiger partial charge in [0, 0.05) is 0 Å². The van der Waals surface area contributed by atoms with Crippen LogP contribution in [0.25, 0.3) is 0 Å². The Hall–Kier alpha value is -0.690. The van der Waals surface area contributed by atoms with Crippen LogP contribution in [-0.4, -0.2) is 22.9 Å². The first-order valence-corrected chi connectivity index (χ1v) is 2.95. The van der Waals surface area contributed by atoms with E-state index < -0.39 is 16.8 Å². The highest BCUT2D eigenvalue weighted by atomic mass is 17.1. The maximum absolute atomic E-state index is 10.4. The normalized spacial score (nSPS) is 14.5. The van der Waals surface area contributed by atoms with Crippen LogP contribution in [0.4, 0.5) is 0 Å². The van der Waals surface area contributed by atoms with Crippen molar-refractivity contribution in [1.82, 2.24) is 0 Å². The highest BCUT2D eigenvalue weighted by Crippen LogP contribution is 2.13. The molecule has 0 aromatic carbocycles. The van der Waals surface area contributed by atoms with Crippen molar-refractivity contribution in [2.75, 3.05) is 6.61 Å². The second-order valence-corrected chi connectivity index (χ2v) is 2.74. The lowest BCUT2D eigenvalue weighted by Crippen LogP contribution is -3.03. The van der Waals surface area contributed by atoms with Gasteiger partial charge in [-0.25, -0.2) is 0 Å². The standard InChI is InChI=1S/C5H11NO5/c1-5(2,4(7)8)3-11-6(9)10/h6,9H,3H2,1-2H3,(H,7,8). The van der Waals surface area contributed by atoms with Gasteiger partial charge in [0.25, 0.3) is 0 Å². The zero-order valence-electron chi connectivity index (χ0n) is 6.33. The molecule has 1 unspecified atom stereocenters. The third-order valence-corrected chi connectivity index (χ3v) is 1.14. The van der Waals surface area contributed by atoms with Crippen LogP contribution < -0.4 is 5.39 Å². The fourth-order valence-electron chi connectivity index (χ4n) is 0.304. The van der Waals surface area contributed by atoms with Gasteiger partial charge in [-0.2, -0.15) is 10.0 Å². The molecule has 66 valence electrons. The van der Waals surface area contributed by atoms with Gasteiger partial charge in [0.2, 0.25) is 0 Å². The van der Waals surface area contributed by atoms with E-state index in [4.69, 9.17) is 10.3 Å². The smallest absolute Gasteiger partial charge is 0.311 e. The van der Waals surface area contributed by atoms with Crippen molar-refractivity contribution in [3.63, 3.8) is 0 Å². The van der Waals surface area contributed by atoms with Crippen molar-refractivity contribution in [1.29, 1.82) is 0 Å². The highest BCUT2D eigenvalue weighted by molar-refractivity contribution is 5.73. The molecule has 0 saturated carbocycles. The number of nitrogens with one attached hydrogen (secondary N) is 1. The van der Waals surface area contributed by atoms with Gasteiger partial charge in [-0.15, -0.1) is 0 Å². The first-order chi connectivity index (χ1) is 4.86. The summed E-state index contributed by atoms with van der Waals surface area (Å²) < 4.78 is 0. The van der Waals surface area contributed by atoms with E-state index in [1.54, 1.807) is 0 Å². The summed E-state index contributed by atoms with van der Waals surface area (Å²) >= 11 is 0. The van der Waals surface area contributed by atoms with Crippen LogP contribution in [0, 0.1) is 10.6 Å². The van der Waals surface area contributed by atoms with Crippen LogP contribution in [0.3, 0.4) is 0 Å². The van der Waals surface area contributed by atoms with Gasteiger partial charge in [-0.05, 0) is 13.8 Å². The van der Waals surface area contributed by atoms with Gasteiger partial charge in [-0.1, -0.05) is 5.39 Å². The lowest BCUT2D eigenvalue weighted by molar-refractivity contribution is -1.21. The molecule has 0 rings (SSSR count). The molecule has 6 heteroatoms.